The standard InChI is InChI=1S/C22H25N7O2S/c1-12-7-28(8-13(2)23-12)17-6-5-15(19-16(17)11-32-27-19)21(30)25-18-10-29-9-14(3)24-20(29)22(26-18)31-4/h5-6,9-13,23H,7-8H2,1-4H3,(H,25,30)/t12-,13+. The number of hydrogen-bond acceptors (Lipinski definition) is 8. The maximum atomic E-state index is 13.2. The second-order valence-corrected chi connectivity index (χ2v) is 8.91. The largest absolute Gasteiger partial charge is 0.478 e. The van der Waals surface area contributed by atoms with E-state index < -0.39 is 0 Å². The number of rotatable bonds is 4. The van der Waals surface area contributed by atoms with Gasteiger partial charge in [0.2, 0.25) is 5.65 Å². The lowest BCUT2D eigenvalue weighted by molar-refractivity contribution is 0.102. The Balaban J connectivity index is 1.47. The molecule has 2 atom stereocenters. The van der Waals surface area contributed by atoms with Crippen molar-refractivity contribution in [1.82, 2.24) is 24.1 Å². The number of carbonyl (C=O) groups excluding carboxylic acids is 1. The molecule has 1 saturated heterocycles. The molecule has 1 aliphatic heterocycles. The lowest BCUT2D eigenvalue weighted by Gasteiger charge is -2.38. The molecule has 0 aliphatic carbocycles. The van der Waals surface area contributed by atoms with Crippen molar-refractivity contribution in [1.29, 1.82) is 0 Å². The number of piperazine rings is 1. The lowest BCUT2D eigenvalue weighted by atomic mass is 10.1. The summed E-state index contributed by atoms with van der Waals surface area (Å²) in [6, 6.07) is 4.66. The van der Waals surface area contributed by atoms with E-state index in [1.54, 1.807) is 10.6 Å². The van der Waals surface area contributed by atoms with Gasteiger partial charge in [0.25, 0.3) is 11.8 Å². The number of amides is 1. The molecule has 32 heavy (non-hydrogen) atoms. The van der Waals surface area contributed by atoms with Gasteiger partial charge in [0, 0.05) is 47.8 Å². The number of benzene rings is 1. The molecule has 0 radical (unpaired) electrons. The highest BCUT2D eigenvalue weighted by Gasteiger charge is 2.24. The normalized spacial score (nSPS) is 18.9. The van der Waals surface area contributed by atoms with E-state index in [0.717, 1.165) is 29.9 Å². The summed E-state index contributed by atoms with van der Waals surface area (Å²) >= 11 is 1.36. The first kappa shape index (κ1) is 20.7. The zero-order chi connectivity index (χ0) is 22.4. The molecule has 9 nitrogen and oxygen atoms in total. The number of fused-ring (bicyclic) bond motifs is 2. The first-order chi connectivity index (χ1) is 15.4. The van der Waals surface area contributed by atoms with Crippen LogP contribution >= 0.6 is 11.5 Å². The zero-order valence-corrected chi connectivity index (χ0v) is 19.2. The van der Waals surface area contributed by atoms with E-state index in [1.807, 2.05) is 30.6 Å². The van der Waals surface area contributed by atoms with Gasteiger partial charge in [-0.05, 0) is 44.4 Å². The summed E-state index contributed by atoms with van der Waals surface area (Å²) in [7, 11) is 1.54. The van der Waals surface area contributed by atoms with Gasteiger partial charge in [0.1, 0.15) is 0 Å². The minimum absolute atomic E-state index is 0.264. The third-order valence-electron chi connectivity index (χ3n) is 5.61. The SMILES string of the molecule is COc1nc(NC(=O)c2ccc(N3C[C@@H](C)N[C@@H](C)C3)c3csnc23)cn2cc(C)nc12. The number of aryl methyl sites for hydroxylation is 1. The summed E-state index contributed by atoms with van der Waals surface area (Å²) < 4.78 is 11.7. The molecule has 2 N–H and O–H groups in total. The Kier molecular flexibility index (Phi) is 5.18. The van der Waals surface area contributed by atoms with Crippen molar-refractivity contribution < 1.29 is 9.53 Å². The Morgan fingerprint density at radius 3 is 2.75 bits per heavy atom. The molecule has 0 spiro atoms. The molecular formula is C22H25N7O2S. The van der Waals surface area contributed by atoms with Crippen LogP contribution in [0.25, 0.3) is 16.6 Å². The number of nitrogens with one attached hydrogen (secondary N) is 2. The topological polar surface area (TPSA) is 96.7 Å². The van der Waals surface area contributed by atoms with Crippen molar-refractivity contribution in [2.75, 3.05) is 30.4 Å². The molecule has 1 fully saturated rings. The van der Waals surface area contributed by atoms with Crippen LogP contribution in [-0.4, -0.2) is 56.9 Å². The van der Waals surface area contributed by atoms with Crippen LogP contribution < -0.4 is 20.3 Å². The monoisotopic (exact) mass is 451 g/mol. The van der Waals surface area contributed by atoms with Crippen molar-refractivity contribution in [3.63, 3.8) is 0 Å². The van der Waals surface area contributed by atoms with E-state index in [2.05, 4.69) is 43.7 Å². The first-order valence-electron chi connectivity index (χ1n) is 10.5. The molecule has 1 aliphatic rings. The van der Waals surface area contributed by atoms with Crippen LogP contribution in [-0.2, 0) is 0 Å². The Bertz CT molecular complexity index is 1300. The van der Waals surface area contributed by atoms with Crippen LogP contribution in [0.15, 0.2) is 29.9 Å². The number of imidazole rings is 1. The number of hydrogen-bond donors (Lipinski definition) is 2. The minimum Gasteiger partial charge on any atom is -0.478 e. The first-order valence-corrected chi connectivity index (χ1v) is 11.4. The van der Waals surface area contributed by atoms with E-state index >= 15 is 0 Å². The molecular weight excluding hydrogens is 426 g/mol. The van der Waals surface area contributed by atoms with Gasteiger partial charge in [-0.3, -0.25) is 9.20 Å². The Labute approximate surface area is 189 Å². The second kappa shape index (κ2) is 8.03. The van der Waals surface area contributed by atoms with Gasteiger partial charge in [-0.25, -0.2) is 4.98 Å². The van der Waals surface area contributed by atoms with Gasteiger partial charge in [0.05, 0.1) is 30.1 Å². The van der Waals surface area contributed by atoms with Crippen molar-refractivity contribution in [3.05, 3.63) is 41.2 Å². The fourth-order valence-corrected chi connectivity index (χ4v) is 5.09. The highest BCUT2D eigenvalue weighted by atomic mass is 32.1. The fourth-order valence-electron chi connectivity index (χ4n) is 4.40. The van der Waals surface area contributed by atoms with E-state index in [0.29, 0.717) is 40.5 Å². The van der Waals surface area contributed by atoms with Gasteiger partial charge >= 0.3 is 0 Å². The van der Waals surface area contributed by atoms with Crippen LogP contribution in [0.3, 0.4) is 0 Å². The maximum absolute atomic E-state index is 13.2. The number of aromatic nitrogens is 4. The van der Waals surface area contributed by atoms with Gasteiger partial charge in [-0.15, -0.1) is 0 Å². The summed E-state index contributed by atoms with van der Waals surface area (Å²) in [5.74, 6) is 0.473. The lowest BCUT2D eigenvalue weighted by Crippen LogP contribution is -2.54. The molecule has 0 bridgehead atoms. The number of nitrogens with zero attached hydrogens (tertiary/aromatic N) is 5. The number of methoxy groups -OCH3 is 1. The van der Waals surface area contributed by atoms with Crippen LogP contribution in [0.4, 0.5) is 11.5 Å². The van der Waals surface area contributed by atoms with E-state index in [1.165, 1.54) is 18.6 Å². The van der Waals surface area contributed by atoms with Gasteiger partial charge < -0.3 is 20.3 Å². The van der Waals surface area contributed by atoms with Crippen LogP contribution in [0, 0.1) is 6.92 Å². The quantitative estimate of drug-likeness (QED) is 0.492. The number of carbonyl (C=O) groups is 1. The highest BCUT2D eigenvalue weighted by molar-refractivity contribution is 7.05. The predicted octanol–water partition coefficient (Wildman–Crippen LogP) is 3.09. The predicted molar refractivity (Wildman–Crippen MR) is 126 cm³/mol. The zero-order valence-electron chi connectivity index (χ0n) is 18.4. The van der Waals surface area contributed by atoms with Crippen molar-refractivity contribution in [2.45, 2.75) is 32.9 Å². The van der Waals surface area contributed by atoms with Gasteiger partial charge in [0.15, 0.2) is 5.82 Å². The summed E-state index contributed by atoms with van der Waals surface area (Å²) in [4.78, 5) is 24.4. The molecule has 166 valence electrons. The van der Waals surface area contributed by atoms with Crippen molar-refractivity contribution >= 4 is 45.5 Å². The summed E-state index contributed by atoms with van der Waals surface area (Å²) in [5.41, 5.74) is 3.78. The molecule has 0 unspecified atom stereocenters. The molecule has 10 heteroatoms. The Morgan fingerprint density at radius 2 is 2.00 bits per heavy atom. The Hall–Kier alpha value is -3.24. The summed E-state index contributed by atoms with van der Waals surface area (Å²) in [6.45, 7) is 8.09. The van der Waals surface area contributed by atoms with E-state index in [9.17, 15) is 4.79 Å². The molecule has 0 saturated carbocycles. The average Bonchev–Trinajstić information content (AvgIpc) is 3.37. The van der Waals surface area contributed by atoms with E-state index in [-0.39, 0.29) is 5.91 Å². The fraction of sp³-hybridized carbons (Fsp3) is 0.364. The van der Waals surface area contributed by atoms with Gasteiger partial charge in [-0.1, -0.05) is 0 Å². The van der Waals surface area contributed by atoms with Crippen molar-refractivity contribution in [2.24, 2.45) is 0 Å². The summed E-state index contributed by atoms with van der Waals surface area (Å²) in [6.07, 6.45) is 3.59. The molecule has 5 rings (SSSR count). The minimum atomic E-state index is -0.264. The third-order valence-corrected chi connectivity index (χ3v) is 6.24. The maximum Gasteiger partial charge on any atom is 0.260 e. The molecule has 4 heterocycles. The third kappa shape index (κ3) is 3.65. The van der Waals surface area contributed by atoms with Crippen LogP contribution in [0.5, 0.6) is 5.88 Å². The van der Waals surface area contributed by atoms with Gasteiger partial charge in [-0.2, -0.15) is 9.36 Å². The van der Waals surface area contributed by atoms with Crippen molar-refractivity contribution in [3.8, 4) is 5.88 Å². The molecule has 3 aromatic heterocycles. The molecule has 1 amide bonds. The Morgan fingerprint density at radius 1 is 1.22 bits per heavy atom. The van der Waals surface area contributed by atoms with E-state index in [4.69, 9.17) is 4.74 Å². The van der Waals surface area contributed by atoms with Crippen LogP contribution in [0.2, 0.25) is 0 Å². The smallest absolute Gasteiger partial charge is 0.260 e. The average molecular weight is 452 g/mol. The highest BCUT2D eigenvalue weighted by Crippen LogP contribution is 2.32. The number of ether oxygens (including phenoxy) is 1. The second-order valence-electron chi connectivity index (χ2n) is 8.29. The summed E-state index contributed by atoms with van der Waals surface area (Å²) in [5, 5.41) is 9.46. The molecule has 4 aromatic rings. The molecule has 1 aromatic carbocycles. The van der Waals surface area contributed by atoms with Crippen LogP contribution in [0.1, 0.15) is 29.9 Å². The number of anilines is 2.